The molecule has 0 aliphatic rings. The molecule has 0 radical (unpaired) electrons. The summed E-state index contributed by atoms with van der Waals surface area (Å²) in [6.45, 7) is -0.0695. The van der Waals surface area contributed by atoms with E-state index in [1.165, 1.54) is 31.3 Å². The van der Waals surface area contributed by atoms with Crippen LogP contribution in [0.4, 0.5) is 11.4 Å². The first-order valence-electron chi connectivity index (χ1n) is 8.33. The van der Waals surface area contributed by atoms with Crippen molar-refractivity contribution in [2.45, 2.75) is 0 Å². The van der Waals surface area contributed by atoms with Gasteiger partial charge in [-0.2, -0.15) is 4.68 Å². The van der Waals surface area contributed by atoms with Gasteiger partial charge < -0.3 is 20.1 Å². The Labute approximate surface area is 170 Å². The lowest BCUT2D eigenvalue weighted by molar-refractivity contribution is -0.119. The van der Waals surface area contributed by atoms with Gasteiger partial charge in [0.15, 0.2) is 0 Å². The van der Waals surface area contributed by atoms with E-state index in [9.17, 15) is 9.59 Å². The number of anilines is 2. The molecule has 0 aliphatic carbocycles. The number of nitrogens with one attached hydrogen (secondary N) is 2. The highest BCUT2D eigenvalue weighted by molar-refractivity contribution is 6.33. The molecule has 2 aromatic carbocycles. The van der Waals surface area contributed by atoms with Crippen molar-refractivity contribution in [3.63, 3.8) is 0 Å². The zero-order chi connectivity index (χ0) is 20.8. The third-order valence-electron chi connectivity index (χ3n) is 3.79. The van der Waals surface area contributed by atoms with Crippen molar-refractivity contribution in [1.82, 2.24) is 20.2 Å². The van der Waals surface area contributed by atoms with Crippen LogP contribution in [0.3, 0.4) is 0 Å². The minimum atomic E-state index is -0.438. The van der Waals surface area contributed by atoms with Crippen LogP contribution in [0.15, 0.2) is 42.7 Å². The fraction of sp³-hybridized carbons (Fsp3) is 0.167. The lowest BCUT2D eigenvalue weighted by atomic mass is 10.1. The van der Waals surface area contributed by atoms with Gasteiger partial charge in [-0.25, -0.2) is 0 Å². The molecular weight excluding hydrogens is 400 g/mol. The summed E-state index contributed by atoms with van der Waals surface area (Å²) >= 11 is 6.30. The molecule has 0 fully saturated rings. The first-order valence-corrected chi connectivity index (χ1v) is 8.70. The molecule has 0 spiro atoms. The smallest absolute Gasteiger partial charge is 0.259 e. The van der Waals surface area contributed by atoms with E-state index in [4.69, 9.17) is 21.1 Å². The molecule has 0 aliphatic heterocycles. The Morgan fingerprint density at radius 3 is 2.55 bits per heavy atom. The summed E-state index contributed by atoms with van der Waals surface area (Å²) in [6.07, 6.45) is 1.38. The fourth-order valence-electron chi connectivity index (χ4n) is 2.54. The van der Waals surface area contributed by atoms with Crippen molar-refractivity contribution in [3.05, 3.63) is 53.3 Å². The van der Waals surface area contributed by atoms with Crippen LogP contribution < -0.4 is 15.4 Å². The van der Waals surface area contributed by atoms with Crippen LogP contribution in [-0.2, 0) is 9.53 Å². The number of carbonyl (C=O) groups excluding carboxylic acids is 2. The fourth-order valence-corrected chi connectivity index (χ4v) is 2.79. The Bertz CT molecular complexity index is 1030. The molecule has 3 aromatic rings. The zero-order valence-electron chi connectivity index (χ0n) is 15.5. The molecule has 0 saturated heterocycles. The molecule has 2 N–H and O–H groups in total. The van der Waals surface area contributed by atoms with E-state index in [2.05, 4.69) is 26.2 Å². The quantitative estimate of drug-likeness (QED) is 0.605. The highest BCUT2D eigenvalue weighted by Crippen LogP contribution is 2.30. The van der Waals surface area contributed by atoms with Gasteiger partial charge in [0, 0.05) is 24.6 Å². The number of benzene rings is 2. The molecule has 150 valence electrons. The molecule has 11 heteroatoms. The summed E-state index contributed by atoms with van der Waals surface area (Å²) in [4.78, 5) is 24.4. The van der Waals surface area contributed by atoms with Crippen molar-refractivity contribution in [1.29, 1.82) is 0 Å². The highest BCUT2D eigenvalue weighted by Gasteiger charge is 2.18. The van der Waals surface area contributed by atoms with Crippen molar-refractivity contribution in [2.24, 2.45) is 0 Å². The number of aromatic nitrogens is 4. The van der Waals surface area contributed by atoms with Gasteiger partial charge in [0.2, 0.25) is 5.91 Å². The minimum absolute atomic E-state index is 0.0695. The van der Waals surface area contributed by atoms with Gasteiger partial charge in [-0.15, -0.1) is 5.10 Å². The van der Waals surface area contributed by atoms with Gasteiger partial charge in [-0.3, -0.25) is 9.59 Å². The van der Waals surface area contributed by atoms with Crippen molar-refractivity contribution >= 4 is 34.8 Å². The summed E-state index contributed by atoms with van der Waals surface area (Å²) in [5.74, 6) is -0.447. The number of rotatable bonds is 7. The molecule has 2 amide bonds. The summed E-state index contributed by atoms with van der Waals surface area (Å²) in [5.41, 5.74) is 1.69. The van der Waals surface area contributed by atoms with Gasteiger partial charge in [-0.05, 0) is 34.7 Å². The Hall–Kier alpha value is -3.50. The molecule has 10 nitrogen and oxygen atoms in total. The average Bonchev–Trinajstić information content (AvgIpc) is 3.22. The van der Waals surface area contributed by atoms with Gasteiger partial charge in [0.1, 0.15) is 18.7 Å². The number of methoxy groups -OCH3 is 2. The van der Waals surface area contributed by atoms with Crippen LogP contribution >= 0.6 is 11.6 Å². The monoisotopic (exact) mass is 416 g/mol. The Balaban J connectivity index is 1.82. The van der Waals surface area contributed by atoms with Gasteiger partial charge >= 0.3 is 0 Å². The number of hydrogen-bond donors (Lipinski definition) is 2. The second-order valence-electron chi connectivity index (χ2n) is 5.77. The number of halogens is 1. The molecule has 1 heterocycles. The van der Waals surface area contributed by atoms with Gasteiger partial charge in [0.25, 0.3) is 5.91 Å². The number of hydrogen-bond acceptors (Lipinski definition) is 7. The second-order valence-corrected chi connectivity index (χ2v) is 6.18. The minimum Gasteiger partial charge on any atom is -0.496 e. The topological polar surface area (TPSA) is 120 Å². The standard InChI is InChI=1S/C18H17ClN6O4/c1-28-9-17(26)21-11-4-3-5-12(6-11)22-18(27)13-7-14(19)15(8-16(13)29-2)25-10-20-23-24-25/h3-8,10H,9H2,1-2H3,(H,21,26)(H,22,27). The first kappa shape index (κ1) is 20.2. The summed E-state index contributed by atoms with van der Waals surface area (Å²) < 4.78 is 11.5. The Kier molecular flexibility index (Phi) is 6.37. The molecule has 3 rings (SSSR count). The lowest BCUT2D eigenvalue weighted by Crippen LogP contribution is -2.17. The van der Waals surface area contributed by atoms with Crippen LogP contribution in [0.1, 0.15) is 10.4 Å². The molecule has 0 bridgehead atoms. The maximum Gasteiger partial charge on any atom is 0.259 e. The Morgan fingerprint density at radius 1 is 1.14 bits per heavy atom. The molecule has 1 aromatic heterocycles. The molecule has 29 heavy (non-hydrogen) atoms. The van der Waals surface area contributed by atoms with E-state index in [1.807, 2.05) is 0 Å². The van der Waals surface area contributed by atoms with Gasteiger partial charge in [-0.1, -0.05) is 17.7 Å². The maximum absolute atomic E-state index is 12.8. The number of ether oxygens (including phenoxy) is 2. The summed E-state index contributed by atoms with van der Waals surface area (Å²) in [6, 6.07) is 9.74. The number of nitrogens with zero attached hydrogens (tertiary/aromatic N) is 4. The average molecular weight is 417 g/mol. The van der Waals surface area contributed by atoms with E-state index in [1.54, 1.807) is 30.3 Å². The van der Waals surface area contributed by atoms with Crippen molar-refractivity contribution < 1.29 is 19.1 Å². The number of tetrazole rings is 1. The highest BCUT2D eigenvalue weighted by atomic mass is 35.5. The molecule has 0 atom stereocenters. The van der Waals surface area contributed by atoms with E-state index in [-0.39, 0.29) is 23.1 Å². The SMILES string of the molecule is COCC(=O)Nc1cccc(NC(=O)c2cc(Cl)c(-n3cnnn3)cc2OC)c1. The van der Waals surface area contributed by atoms with E-state index in [0.717, 1.165) is 0 Å². The third-order valence-corrected chi connectivity index (χ3v) is 4.09. The predicted molar refractivity (Wildman–Crippen MR) is 106 cm³/mol. The van der Waals surface area contributed by atoms with Gasteiger partial charge in [0.05, 0.1) is 23.4 Å². The maximum atomic E-state index is 12.8. The van der Waals surface area contributed by atoms with E-state index >= 15 is 0 Å². The summed E-state index contributed by atoms with van der Waals surface area (Å²) in [7, 11) is 2.87. The van der Waals surface area contributed by atoms with Crippen LogP contribution in [0, 0.1) is 0 Å². The first-order chi connectivity index (χ1) is 14.0. The van der Waals surface area contributed by atoms with Crippen LogP contribution in [-0.4, -0.2) is 52.8 Å². The van der Waals surface area contributed by atoms with Crippen LogP contribution in [0.2, 0.25) is 5.02 Å². The lowest BCUT2D eigenvalue weighted by Gasteiger charge is -2.13. The van der Waals surface area contributed by atoms with E-state index in [0.29, 0.717) is 22.8 Å². The molecule has 0 saturated carbocycles. The van der Waals surface area contributed by atoms with E-state index < -0.39 is 5.91 Å². The molecule has 0 unspecified atom stereocenters. The summed E-state index contributed by atoms with van der Waals surface area (Å²) in [5, 5.41) is 16.6. The normalized spacial score (nSPS) is 10.4. The Morgan fingerprint density at radius 2 is 1.90 bits per heavy atom. The largest absolute Gasteiger partial charge is 0.496 e. The zero-order valence-corrected chi connectivity index (χ0v) is 16.3. The number of amides is 2. The van der Waals surface area contributed by atoms with Crippen LogP contribution in [0.25, 0.3) is 5.69 Å². The third kappa shape index (κ3) is 4.86. The second kappa shape index (κ2) is 9.13. The number of carbonyl (C=O) groups is 2. The predicted octanol–water partition coefficient (Wildman–Crippen LogP) is 2.16. The van der Waals surface area contributed by atoms with Crippen molar-refractivity contribution in [2.75, 3.05) is 31.5 Å². The van der Waals surface area contributed by atoms with Crippen molar-refractivity contribution in [3.8, 4) is 11.4 Å². The van der Waals surface area contributed by atoms with Crippen LogP contribution in [0.5, 0.6) is 5.75 Å². The molecular formula is C18H17ClN6O4.